The van der Waals surface area contributed by atoms with E-state index in [9.17, 15) is 0 Å². The third-order valence-corrected chi connectivity index (χ3v) is 3.72. The summed E-state index contributed by atoms with van der Waals surface area (Å²) in [5, 5.41) is 0. The Hall–Kier alpha value is 0.388. The fraction of sp³-hybridized carbons (Fsp3) is 0.889. The van der Waals surface area contributed by atoms with Gasteiger partial charge in [-0.25, -0.2) is 0 Å². The molecule has 0 heterocycles. The molecule has 0 aromatic heterocycles. The molecule has 0 unspecified atom stereocenters. The van der Waals surface area contributed by atoms with Gasteiger partial charge in [0.2, 0.25) is 0 Å². The van der Waals surface area contributed by atoms with Gasteiger partial charge in [-0.1, -0.05) is 76.9 Å². The van der Waals surface area contributed by atoms with Crippen molar-refractivity contribution in [1.29, 1.82) is 0 Å². The molecule has 0 saturated heterocycles. The molecule has 0 saturated carbocycles. The van der Waals surface area contributed by atoms with Crippen LogP contribution in [0, 0.1) is 0 Å². The van der Waals surface area contributed by atoms with Crippen molar-refractivity contribution in [2.45, 2.75) is 96.8 Å². The first-order valence-electron chi connectivity index (χ1n) is 8.77. The van der Waals surface area contributed by atoms with Gasteiger partial charge in [0.1, 0.15) is 0 Å². The minimum Gasteiger partial charge on any atom is -0.330 e. The van der Waals surface area contributed by atoms with Crippen molar-refractivity contribution in [3.8, 4) is 0 Å². The van der Waals surface area contributed by atoms with E-state index in [-0.39, 0.29) is 21.1 Å². The fourth-order valence-electron chi connectivity index (χ4n) is 2.39. The van der Waals surface area contributed by atoms with Gasteiger partial charge in [0, 0.05) is 21.1 Å². The number of unbranched alkanes of at least 4 members (excludes halogenated alkanes) is 12. The van der Waals surface area contributed by atoms with E-state index in [1.165, 1.54) is 89.9 Å². The van der Waals surface area contributed by atoms with Gasteiger partial charge < -0.3 is 5.73 Å². The van der Waals surface area contributed by atoms with Crippen LogP contribution in [0.5, 0.6) is 0 Å². The van der Waals surface area contributed by atoms with Gasteiger partial charge in [0.25, 0.3) is 0 Å². The van der Waals surface area contributed by atoms with E-state index in [0.29, 0.717) is 0 Å². The second-order valence-corrected chi connectivity index (χ2v) is 5.73. The normalized spacial score (nSPS) is 10.9. The van der Waals surface area contributed by atoms with E-state index in [1.807, 2.05) is 0 Å². The average molecular weight is 463 g/mol. The zero-order valence-electron chi connectivity index (χ0n) is 13.7. The van der Waals surface area contributed by atoms with Crippen LogP contribution in [0.1, 0.15) is 96.8 Å². The van der Waals surface area contributed by atoms with Gasteiger partial charge in [-0.3, -0.25) is 0 Å². The van der Waals surface area contributed by atoms with Gasteiger partial charge in [0.15, 0.2) is 0 Å². The number of hydrogen-bond donors (Lipinski definition) is 1. The number of hydrogen-bond acceptors (Lipinski definition) is 1. The molecule has 0 aliphatic rings. The summed E-state index contributed by atoms with van der Waals surface area (Å²) >= 11 is 0. The van der Waals surface area contributed by atoms with Crippen molar-refractivity contribution in [2.75, 3.05) is 6.54 Å². The molecule has 124 valence electrons. The SMILES string of the molecule is CCCCCCCC/C=C\CCCCCCCCN.[Pt]. The number of rotatable bonds is 15. The van der Waals surface area contributed by atoms with Crippen LogP contribution in [0.25, 0.3) is 0 Å². The molecule has 0 aromatic rings. The molecule has 0 amide bonds. The van der Waals surface area contributed by atoms with Crippen molar-refractivity contribution in [3.05, 3.63) is 12.2 Å². The van der Waals surface area contributed by atoms with Crippen molar-refractivity contribution in [3.63, 3.8) is 0 Å². The molecule has 0 radical (unpaired) electrons. The Morgan fingerprint density at radius 1 is 0.600 bits per heavy atom. The first-order chi connectivity index (χ1) is 9.41. The Kier molecular flexibility index (Phi) is 24.6. The summed E-state index contributed by atoms with van der Waals surface area (Å²) in [5.41, 5.74) is 5.47. The zero-order chi connectivity index (χ0) is 14.0. The summed E-state index contributed by atoms with van der Waals surface area (Å²) in [5.74, 6) is 0. The summed E-state index contributed by atoms with van der Waals surface area (Å²) < 4.78 is 0. The zero-order valence-corrected chi connectivity index (χ0v) is 15.9. The Bertz CT molecular complexity index is 180. The Labute approximate surface area is 142 Å². The van der Waals surface area contributed by atoms with Crippen LogP contribution in [-0.4, -0.2) is 6.54 Å². The maximum Gasteiger partial charge on any atom is 0 e. The molecule has 1 nitrogen and oxygen atoms in total. The smallest absolute Gasteiger partial charge is 0 e. The average Bonchev–Trinajstić information content (AvgIpc) is 2.43. The predicted molar refractivity (Wildman–Crippen MR) is 88.5 cm³/mol. The van der Waals surface area contributed by atoms with Crippen LogP contribution < -0.4 is 5.73 Å². The molecule has 0 bridgehead atoms. The number of allylic oxidation sites excluding steroid dienone is 2. The molecule has 20 heavy (non-hydrogen) atoms. The monoisotopic (exact) mass is 462 g/mol. The largest absolute Gasteiger partial charge is 0.330 e. The van der Waals surface area contributed by atoms with Gasteiger partial charge >= 0.3 is 0 Å². The van der Waals surface area contributed by atoms with Crippen molar-refractivity contribution in [2.24, 2.45) is 5.73 Å². The third kappa shape index (κ3) is 20.7. The van der Waals surface area contributed by atoms with Crippen molar-refractivity contribution in [1.82, 2.24) is 0 Å². The predicted octanol–water partition coefficient (Wildman–Crippen LogP) is 5.98. The molecular weight excluding hydrogens is 425 g/mol. The molecule has 0 spiro atoms. The minimum absolute atomic E-state index is 0. The van der Waals surface area contributed by atoms with E-state index < -0.39 is 0 Å². The van der Waals surface area contributed by atoms with Crippen LogP contribution in [0.15, 0.2) is 12.2 Å². The van der Waals surface area contributed by atoms with E-state index in [0.717, 1.165) is 6.54 Å². The Morgan fingerprint density at radius 2 is 1.00 bits per heavy atom. The van der Waals surface area contributed by atoms with Crippen LogP contribution >= 0.6 is 0 Å². The van der Waals surface area contributed by atoms with Gasteiger partial charge in [-0.2, -0.15) is 0 Å². The summed E-state index contributed by atoms with van der Waals surface area (Å²) in [6.45, 7) is 3.14. The first-order valence-corrected chi connectivity index (χ1v) is 8.77. The molecule has 0 atom stereocenters. The fourth-order valence-corrected chi connectivity index (χ4v) is 2.39. The van der Waals surface area contributed by atoms with Crippen LogP contribution in [-0.2, 0) is 21.1 Å². The van der Waals surface area contributed by atoms with Gasteiger partial charge in [0.05, 0.1) is 0 Å². The summed E-state index contributed by atoms with van der Waals surface area (Å²) in [4.78, 5) is 0. The Morgan fingerprint density at radius 3 is 1.45 bits per heavy atom. The maximum atomic E-state index is 5.47. The van der Waals surface area contributed by atoms with Gasteiger partial charge in [-0.15, -0.1) is 0 Å². The molecule has 2 N–H and O–H groups in total. The molecule has 0 aliphatic carbocycles. The first kappa shape index (κ1) is 22.7. The van der Waals surface area contributed by atoms with E-state index in [4.69, 9.17) is 5.73 Å². The summed E-state index contributed by atoms with van der Waals surface area (Å²) in [6.07, 6.45) is 23.9. The molecule has 0 aromatic carbocycles. The molecular formula is C18H37NPt. The second-order valence-electron chi connectivity index (χ2n) is 5.73. The quantitative estimate of drug-likeness (QED) is 0.235. The summed E-state index contributed by atoms with van der Waals surface area (Å²) in [6, 6.07) is 0. The van der Waals surface area contributed by atoms with Crippen molar-refractivity contribution < 1.29 is 21.1 Å². The molecule has 0 rings (SSSR count). The number of nitrogens with two attached hydrogens (primary N) is 1. The standard InChI is InChI=1S/C18H37N.Pt/c1-2-3-4-5-6-7-8-9-10-11-12-13-14-15-16-17-18-19;/h9-10H,2-8,11-19H2,1H3;/b10-9-;. The molecule has 0 fully saturated rings. The van der Waals surface area contributed by atoms with E-state index in [2.05, 4.69) is 19.1 Å². The van der Waals surface area contributed by atoms with Crippen LogP contribution in [0.3, 0.4) is 0 Å². The third-order valence-electron chi connectivity index (χ3n) is 3.72. The summed E-state index contributed by atoms with van der Waals surface area (Å²) in [7, 11) is 0. The Balaban J connectivity index is 0. The van der Waals surface area contributed by atoms with E-state index in [1.54, 1.807) is 0 Å². The maximum absolute atomic E-state index is 5.47. The second kappa shape index (κ2) is 21.7. The molecule has 2 heteroatoms. The minimum atomic E-state index is 0. The topological polar surface area (TPSA) is 26.0 Å². The van der Waals surface area contributed by atoms with E-state index >= 15 is 0 Å². The van der Waals surface area contributed by atoms with Crippen LogP contribution in [0.4, 0.5) is 0 Å². The van der Waals surface area contributed by atoms with Crippen molar-refractivity contribution >= 4 is 0 Å². The van der Waals surface area contributed by atoms with Gasteiger partial charge in [-0.05, 0) is 38.6 Å². The molecule has 0 aliphatic heterocycles. The van der Waals surface area contributed by atoms with Crippen LogP contribution in [0.2, 0.25) is 0 Å².